The largest absolute Gasteiger partial charge is 0.478 e. The van der Waals surface area contributed by atoms with E-state index in [4.69, 9.17) is 9.84 Å². The van der Waals surface area contributed by atoms with Gasteiger partial charge in [-0.3, -0.25) is 0 Å². The molecule has 0 fully saturated rings. The molecule has 0 heterocycles. The summed E-state index contributed by atoms with van der Waals surface area (Å²) < 4.78 is 4.76. The van der Waals surface area contributed by atoms with Gasteiger partial charge in [-0.15, -0.1) is 12.6 Å². The quantitative estimate of drug-likeness (QED) is 0.461. The summed E-state index contributed by atoms with van der Waals surface area (Å²) in [6.45, 7) is 3.46. The van der Waals surface area contributed by atoms with Crippen molar-refractivity contribution in [2.45, 2.75) is 18.8 Å². The van der Waals surface area contributed by atoms with E-state index in [0.29, 0.717) is 6.61 Å². The van der Waals surface area contributed by atoms with Gasteiger partial charge >= 0.3 is 5.97 Å². The van der Waals surface area contributed by atoms with E-state index in [9.17, 15) is 4.79 Å². The average Bonchev–Trinajstić information content (AvgIpc) is 1.65. The third-order valence-electron chi connectivity index (χ3n) is 0.822. The normalized spacial score (nSPS) is 16.8. The molecule has 0 spiro atoms. The van der Waals surface area contributed by atoms with Crippen molar-refractivity contribution in [2.24, 2.45) is 0 Å². The van der Waals surface area contributed by atoms with Crippen molar-refractivity contribution in [3.8, 4) is 0 Å². The zero-order valence-electron chi connectivity index (χ0n) is 5.42. The van der Waals surface area contributed by atoms with Gasteiger partial charge in [0.2, 0.25) is 4.93 Å². The van der Waals surface area contributed by atoms with E-state index >= 15 is 0 Å². The second-order valence-electron chi connectivity index (χ2n) is 1.72. The minimum Gasteiger partial charge on any atom is -0.478 e. The van der Waals surface area contributed by atoms with Gasteiger partial charge in [0.15, 0.2) is 0 Å². The number of hydrogen-bond donors (Lipinski definition) is 2. The van der Waals surface area contributed by atoms with Crippen molar-refractivity contribution in [1.82, 2.24) is 0 Å². The van der Waals surface area contributed by atoms with Crippen molar-refractivity contribution < 1.29 is 14.6 Å². The lowest BCUT2D eigenvalue weighted by molar-refractivity contribution is -0.151. The van der Waals surface area contributed by atoms with Crippen molar-refractivity contribution >= 4 is 18.6 Å². The first-order valence-corrected chi connectivity index (χ1v) is 3.05. The number of carboxylic acid groups (broad SMARTS) is 1. The summed E-state index contributed by atoms with van der Waals surface area (Å²) in [5.74, 6) is -1.06. The molecule has 0 radical (unpaired) electrons. The molecule has 0 saturated heterocycles. The molecular weight excluding hydrogens is 140 g/mol. The van der Waals surface area contributed by atoms with E-state index in [0.717, 1.165) is 0 Å². The fourth-order valence-electron chi connectivity index (χ4n) is 0.343. The first kappa shape index (κ1) is 8.78. The summed E-state index contributed by atoms with van der Waals surface area (Å²) in [6.07, 6.45) is 0. The molecule has 0 saturated carbocycles. The zero-order valence-corrected chi connectivity index (χ0v) is 6.31. The molecule has 0 bridgehead atoms. The van der Waals surface area contributed by atoms with Crippen molar-refractivity contribution in [3.63, 3.8) is 0 Å². The van der Waals surface area contributed by atoms with Crippen LogP contribution in [0.2, 0.25) is 0 Å². The van der Waals surface area contributed by atoms with Crippen LogP contribution >= 0.6 is 12.6 Å². The highest BCUT2D eigenvalue weighted by Crippen LogP contribution is 2.14. The maximum Gasteiger partial charge on any atom is 0.346 e. The smallest absolute Gasteiger partial charge is 0.346 e. The number of aliphatic carboxylic acids is 1. The second-order valence-corrected chi connectivity index (χ2v) is 2.57. The number of rotatable bonds is 3. The van der Waals surface area contributed by atoms with E-state index in [1.54, 1.807) is 6.92 Å². The average molecular weight is 150 g/mol. The highest BCUT2D eigenvalue weighted by atomic mass is 32.1. The molecule has 0 aromatic rings. The highest BCUT2D eigenvalue weighted by Gasteiger charge is 2.28. The Morgan fingerprint density at radius 3 is 2.44 bits per heavy atom. The first-order chi connectivity index (χ1) is 4.00. The lowest BCUT2D eigenvalue weighted by atomic mass is 10.4. The first-order valence-electron chi connectivity index (χ1n) is 2.60. The van der Waals surface area contributed by atoms with Gasteiger partial charge in [-0.2, -0.15) is 0 Å². The fourth-order valence-corrected chi connectivity index (χ4v) is 0.472. The number of hydrogen-bond acceptors (Lipinski definition) is 3. The Morgan fingerprint density at radius 2 is 2.33 bits per heavy atom. The molecule has 3 nitrogen and oxygen atoms in total. The third-order valence-corrected chi connectivity index (χ3v) is 1.14. The fraction of sp³-hybridized carbons (Fsp3) is 0.800. The van der Waals surface area contributed by atoms with Crippen LogP contribution in [0.3, 0.4) is 0 Å². The second kappa shape index (κ2) is 3.08. The molecule has 0 aromatic heterocycles. The predicted molar refractivity (Wildman–Crippen MR) is 36.7 cm³/mol. The molecule has 0 aliphatic carbocycles. The molecule has 0 amide bonds. The molecular formula is C5H10O3S. The van der Waals surface area contributed by atoms with Gasteiger partial charge in [-0.1, -0.05) is 0 Å². The third kappa shape index (κ3) is 2.72. The molecule has 4 heteroatoms. The minimum atomic E-state index is -1.34. The van der Waals surface area contributed by atoms with Gasteiger partial charge in [-0.05, 0) is 13.8 Å². The Labute approximate surface area is 59.4 Å². The lowest BCUT2D eigenvalue weighted by Crippen LogP contribution is -2.31. The van der Waals surface area contributed by atoms with Gasteiger partial charge in [0, 0.05) is 6.61 Å². The maximum absolute atomic E-state index is 10.2. The Bertz CT molecular complexity index is 111. The van der Waals surface area contributed by atoms with Crippen LogP contribution in [0.1, 0.15) is 13.8 Å². The van der Waals surface area contributed by atoms with E-state index in [-0.39, 0.29) is 0 Å². The summed E-state index contributed by atoms with van der Waals surface area (Å²) in [5, 5.41) is 8.37. The van der Waals surface area contributed by atoms with Crippen molar-refractivity contribution in [1.29, 1.82) is 0 Å². The van der Waals surface area contributed by atoms with Crippen LogP contribution in [0.15, 0.2) is 0 Å². The van der Waals surface area contributed by atoms with Gasteiger partial charge in [0.25, 0.3) is 0 Å². The molecule has 1 atom stereocenters. The minimum absolute atomic E-state index is 0.353. The standard InChI is InChI=1S/C5H10O3S/c1-3-8-5(2,9)4(6)7/h9H,3H2,1-2H3,(H,6,7). The van der Waals surface area contributed by atoms with E-state index in [2.05, 4.69) is 12.6 Å². The van der Waals surface area contributed by atoms with E-state index in [1.165, 1.54) is 6.92 Å². The summed E-state index contributed by atoms with van der Waals surface area (Å²) in [7, 11) is 0. The van der Waals surface area contributed by atoms with Gasteiger partial charge in [0.05, 0.1) is 0 Å². The monoisotopic (exact) mass is 150 g/mol. The van der Waals surface area contributed by atoms with Gasteiger partial charge in [0.1, 0.15) is 0 Å². The van der Waals surface area contributed by atoms with Crippen LogP contribution in [0.4, 0.5) is 0 Å². The zero-order chi connectivity index (χ0) is 7.49. The van der Waals surface area contributed by atoms with Crippen LogP contribution in [0.25, 0.3) is 0 Å². The van der Waals surface area contributed by atoms with Crippen LogP contribution in [-0.2, 0) is 9.53 Å². The van der Waals surface area contributed by atoms with E-state index < -0.39 is 10.9 Å². The van der Waals surface area contributed by atoms with Crippen molar-refractivity contribution in [3.05, 3.63) is 0 Å². The molecule has 54 valence electrons. The summed E-state index contributed by atoms with van der Waals surface area (Å²) in [4.78, 5) is 8.87. The Hall–Kier alpha value is -0.220. The Kier molecular flexibility index (Phi) is 3.00. The molecule has 0 aliphatic rings. The van der Waals surface area contributed by atoms with E-state index in [1.807, 2.05) is 0 Å². The van der Waals surface area contributed by atoms with Crippen LogP contribution < -0.4 is 0 Å². The predicted octanol–water partition coefficient (Wildman–Crippen LogP) is 0.754. The Morgan fingerprint density at radius 1 is 1.89 bits per heavy atom. The summed E-state index contributed by atoms with van der Waals surface area (Å²) in [5.41, 5.74) is 0. The maximum atomic E-state index is 10.2. The lowest BCUT2D eigenvalue weighted by Gasteiger charge is -2.16. The topological polar surface area (TPSA) is 46.5 Å². The number of ether oxygens (including phenoxy) is 1. The van der Waals surface area contributed by atoms with Gasteiger partial charge < -0.3 is 9.84 Å². The molecule has 0 rings (SSSR count). The molecule has 0 aromatic carbocycles. The molecule has 1 N–H and O–H groups in total. The highest BCUT2D eigenvalue weighted by molar-refractivity contribution is 7.82. The van der Waals surface area contributed by atoms with Crippen LogP contribution in [-0.4, -0.2) is 22.6 Å². The molecule has 1 unspecified atom stereocenters. The Balaban J connectivity index is 3.85. The molecule has 9 heavy (non-hydrogen) atoms. The summed E-state index contributed by atoms with van der Waals surface area (Å²) >= 11 is 3.74. The van der Waals surface area contributed by atoms with Crippen molar-refractivity contribution in [2.75, 3.05) is 6.61 Å². The molecule has 0 aliphatic heterocycles. The van der Waals surface area contributed by atoms with Crippen LogP contribution in [0.5, 0.6) is 0 Å². The van der Waals surface area contributed by atoms with Crippen LogP contribution in [0, 0.1) is 0 Å². The summed E-state index contributed by atoms with van der Waals surface area (Å²) in [6, 6.07) is 0. The number of carboxylic acids is 1. The SMILES string of the molecule is CCOC(C)(S)C(=O)O. The van der Waals surface area contributed by atoms with Gasteiger partial charge in [-0.25, -0.2) is 4.79 Å². The number of carbonyl (C=O) groups is 1. The number of thiol groups is 1.